The number of hydrogen-bond acceptors (Lipinski definition) is 9. The topological polar surface area (TPSA) is 117 Å². The number of carbonyl (C=O) groups is 1. The lowest BCUT2D eigenvalue weighted by Crippen LogP contribution is -2.15. The van der Waals surface area contributed by atoms with Gasteiger partial charge in [-0.15, -0.1) is 10.2 Å². The number of ether oxygens (including phenoxy) is 2. The molecule has 0 fully saturated rings. The van der Waals surface area contributed by atoms with Gasteiger partial charge >= 0.3 is 0 Å². The van der Waals surface area contributed by atoms with E-state index in [1.165, 1.54) is 18.9 Å². The van der Waals surface area contributed by atoms with Gasteiger partial charge in [0, 0.05) is 18.7 Å². The summed E-state index contributed by atoms with van der Waals surface area (Å²) in [5.74, 6) is 2.16. The van der Waals surface area contributed by atoms with E-state index in [2.05, 4.69) is 25.7 Å². The van der Waals surface area contributed by atoms with Gasteiger partial charge in [-0.05, 0) is 12.1 Å². The van der Waals surface area contributed by atoms with Crippen LogP contribution in [0.2, 0.25) is 0 Å². The van der Waals surface area contributed by atoms with E-state index in [0.29, 0.717) is 34.0 Å². The summed E-state index contributed by atoms with van der Waals surface area (Å²) in [4.78, 5) is 16.9. The summed E-state index contributed by atoms with van der Waals surface area (Å²) in [5, 5.41) is 15.6. The van der Waals surface area contributed by atoms with Crippen LogP contribution in [0.3, 0.4) is 0 Å². The summed E-state index contributed by atoms with van der Waals surface area (Å²) in [7, 11) is 4.86. The van der Waals surface area contributed by atoms with Gasteiger partial charge in [-0.25, -0.2) is 0 Å². The minimum Gasteiger partial charge on any atom is -0.497 e. The molecular formula is C21H20N6O4S. The van der Waals surface area contributed by atoms with Gasteiger partial charge in [-0.3, -0.25) is 4.79 Å². The first-order valence-electron chi connectivity index (χ1n) is 9.52. The van der Waals surface area contributed by atoms with Crippen molar-refractivity contribution in [3.63, 3.8) is 0 Å². The lowest BCUT2D eigenvalue weighted by atomic mass is 10.2. The van der Waals surface area contributed by atoms with Crippen molar-refractivity contribution in [2.75, 3.05) is 25.3 Å². The predicted molar refractivity (Wildman–Crippen MR) is 119 cm³/mol. The van der Waals surface area contributed by atoms with Crippen LogP contribution in [-0.2, 0) is 11.8 Å². The molecule has 0 bridgehead atoms. The number of nitrogens with one attached hydrogen (secondary N) is 1. The van der Waals surface area contributed by atoms with Gasteiger partial charge in [0.25, 0.3) is 5.89 Å². The Morgan fingerprint density at radius 1 is 1.12 bits per heavy atom. The molecule has 0 aliphatic carbocycles. The highest BCUT2D eigenvalue weighted by Gasteiger charge is 2.19. The van der Waals surface area contributed by atoms with Crippen molar-refractivity contribution in [3.8, 4) is 34.6 Å². The largest absolute Gasteiger partial charge is 0.497 e. The number of aromatic nitrogens is 5. The number of anilines is 1. The second-order valence-electron chi connectivity index (χ2n) is 6.56. The third-order valence-corrected chi connectivity index (χ3v) is 5.52. The number of nitrogens with zero attached hydrogens (tertiary/aromatic N) is 5. The molecule has 4 aromatic rings. The Morgan fingerprint density at radius 2 is 1.94 bits per heavy atom. The first-order chi connectivity index (χ1) is 15.6. The van der Waals surface area contributed by atoms with Crippen molar-refractivity contribution in [2.45, 2.75) is 5.16 Å². The van der Waals surface area contributed by atoms with Crippen LogP contribution in [-0.4, -0.2) is 50.8 Å². The van der Waals surface area contributed by atoms with Gasteiger partial charge in [-0.1, -0.05) is 47.3 Å². The zero-order valence-corrected chi connectivity index (χ0v) is 18.4. The minimum absolute atomic E-state index is 0.117. The summed E-state index contributed by atoms with van der Waals surface area (Å²) >= 11 is 1.23. The number of methoxy groups -OCH3 is 2. The van der Waals surface area contributed by atoms with E-state index < -0.39 is 0 Å². The SMILES string of the molecule is COc1ccc(OC)c(NC(=O)CSc2nnc(-c3nc(-c4ccccc4)no3)n2C)c1. The molecule has 0 atom stereocenters. The van der Waals surface area contributed by atoms with Crippen LogP contribution in [0.25, 0.3) is 23.1 Å². The first-order valence-corrected chi connectivity index (χ1v) is 10.5. The second-order valence-corrected chi connectivity index (χ2v) is 7.50. The Labute approximate surface area is 188 Å². The van der Waals surface area contributed by atoms with Gasteiger partial charge < -0.3 is 23.9 Å². The number of rotatable bonds is 8. The highest BCUT2D eigenvalue weighted by Crippen LogP contribution is 2.29. The minimum atomic E-state index is -0.227. The lowest BCUT2D eigenvalue weighted by Gasteiger charge is -2.11. The number of hydrogen-bond donors (Lipinski definition) is 1. The molecule has 0 saturated carbocycles. The Kier molecular flexibility index (Phi) is 6.36. The number of benzene rings is 2. The zero-order valence-electron chi connectivity index (χ0n) is 17.6. The molecule has 2 aromatic heterocycles. The average Bonchev–Trinajstić information content (AvgIpc) is 3.45. The van der Waals surface area contributed by atoms with Crippen molar-refractivity contribution in [2.24, 2.45) is 7.05 Å². The monoisotopic (exact) mass is 452 g/mol. The van der Waals surface area contributed by atoms with E-state index in [0.717, 1.165) is 5.56 Å². The summed E-state index contributed by atoms with van der Waals surface area (Å²) in [6.07, 6.45) is 0. The van der Waals surface area contributed by atoms with Crippen LogP contribution in [0.5, 0.6) is 11.5 Å². The van der Waals surface area contributed by atoms with Gasteiger partial charge in [0.1, 0.15) is 11.5 Å². The molecule has 1 N–H and O–H groups in total. The fourth-order valence-corrected chi connectivity index (χ4v) is 3.58. The Morgan fingerprint density at radius 3 is 2.69 bits per heavy atom. The molecule has 0 spiro atoms. The maximum Gasteiger partial charge on any atom is 0.296 e. The molecule has 11 heteroatoms. The number of carbonyl (C=O) groups excluding carboxylic acids is 1. The molecule has 4 rings (SSSR count). The van der Waals surface area contributed by atoms with Gasteiger partial charge in [0.2, 0.25) is 17.6 Å². The Balaban J connectivity index is 1.43. The molecule has 164 valence electrons. The Bertz CT molecular complexity index is 1220. The van der Waals surface area contributed by atoms with Crippen molar-refractivity contribution >= 4 is 23.4 Å². The molecule has 1 amide bonds. The van der Waals surface area contributed by atoms with E-state index in [4.69, 9.17) is 14.0 Å². The van der Waals surface area contributed by atoms with Gasteiger partial charge in [-0.2, -0.15) is 4.98 Å². The molecule has 0 aliphatic rings. The van der Waals surface area contributed by atoms with Gasteiger partial charge in [0.05, 0.1) is 25.7 Å². The van der Waals surface area contributed by atoms with Crippen LogP contribution >= 0.6 is 11.8 Å². The molecule has 0 saturated heterocycles. The molecule has 2 aromatic carbocycles. The molecule has 10 nitrogen and oxygen atoms in total. The van der Waals surface area contributed by atoms with E-state index in [-0.39, 0.29) is 17.6 Å². The Hall–Kier alpha value is -3.86. The third kappa shape index (κ3) is 4.57. The van der Waals surface area contributed by atoms with Crippen LogP contribution in [0, 0.1) is 0 Å². The van der Waals surface area contributed by atoms with E-state index >= 15 is 0 Å². The molecular weight excluding hydrogens is 432 g/mol. The average molecular weight is 452 g/mol. The predicted octanol–water partition coefficient (Wildman–Crippen LogP) is 3.28. The molecule has 32 heavy (non-hydrogen) atoms. The zero-order chi connectivity index (χ0) is 22.5. The maximum atomic E-state index is 12.5. The third-order valence-electron chi connectivity index (χ3n) is 4.50. The van der Waals surface area contributed by atoms with Crippen LogP contribution in [0.1, 0.15) is 0 Å². The normalized spacial score (nSPS) is 10.7. The highest BCUT2D eigenvalue weighted by atomic mass is 32.2. The van der Waals surface area contributed by atoms with Crippen molar-refractivity contribution in [1.82, 2.24) is 24.9 Å². The van der Waals surface area contributed by atoms with Crippen LogP contribution in [0.15, 0.2) is 58.2 Å². The fourth-order valence-electron chi connectivity index (χ4n) is 2.87. The van der Waals surface area contributed by atoms with E-state index in [1.54, 1.807) is 36.9 Å². The molecule has 0 radical (unpaired) electrons. The number of thioether (sulfide) groups is 1. The smallest absolute Gasteiger partial charge is 0.296 e. The standard InChI is InChI=1S/C21H20N6O4S/c1-27-19(20-23-18(26-31-20)13-7-5-4-6-8-13)24-25-21(27)32-12-17(28)22-15-11-14(29-2)9-10-16(15)30-3/h4-11H,12H2,1-3H3,(H,22,28). The van der Waals surface area contributed by atoms with E-state index in [9.17, 15) is 4.79 Å². The molecule has 0 aliphatic heterocycles. The molecule has 2 heterocycles. The maximum absolute atomic E-state index is 12.5. The van der Waals surface area contributed by atoms with Crippen molar-refractivity contribution in [3.05, 3.63) is 48.5 Å². The lowest BCUT2D eigenvalue weighted by molar-refractivity contribution is -0.113. The van der Waals surface area contributed by atoms with Crippen LogP contribution < -0.4 is 14.8 Å². The summed E-state index contributed by atoms with van der Waals surface area (Å²) in [6, 6.07) is 14.7. The van der Waals surface area contributed by atoms with Crippen LogP contribution in [0.4, 0.5) is 5.69 Å². The quantitative estimate of drug-likeness (QED) is 0.402. The molecule has 0 unspecified atom stereocenters. The highest BCUT2D eigenvalue weighted by molar-refractivity contribution is 7.99. The summed E-state index contributed by atoms with van der Waals surface area (Å²) < 4.78 is 17.5. The fraction of sp³-hybridized carbons (Fsp3) is 0.190. The number of amides is 1. The summed E-state index contributed by atoms with van der Waals surface area (Å²) in [6.45, 7) is 0. The summed E-state index contributed by atoms with van der Waals surface area (Å²) in [5.41, 5.74) is 1.36. The van der Waals surface area contributed by atoms with Crippen molar-refractivity contribution < 1.29 is 18.8 Å². The second kappa shape index (κ2) is 9.52. The van der Waals surface area contributed by atoms with E-state index in [1.807, 2.05) is 30.3 Å². The first kappa shape index (κ1) is 21.4. The van der Waals surface area contributed by atoms with Crippen molar-refractivity contribution in [1.29, 1.82) is 0 Å². The van der Waals surface area contributed by atoms with Gasteiger partial charge in [0.15, 0.2) is 5.16 Å².